The zero-order valence-corrected chi connectivity index (χ0v) is 15.2. The van der Waals surface area contributed by atoms with Crippen molar-refractivity contribution in [2.24, 2.45) is 0 Å². The molecule has 0 spiro atoms. The first kappa shape index (κ1) is 16.0. The molecule has 0 amide bonds. The molecule has 0 aromatic carbocycles. The fourth-order valence-corrected chi connectivity index (χ4v) is 4.43. The monoisotopic (exact) mass is 392 g/mol. The van der Waals surface area contributed by atoms with E-state index in [1.807, 2.05) is 7.05 Å². The average molecular weight is 393 g/mol. The van der Waals surface area contributed by atoms with Crippen LogP contribution in [0.5, 0.6) is 0 Å². The number of hydrogen-bond acceptors (Lipinski definition) is 6. The summed E-state index contributed by atoms with van der Waals surface area (Å²) in [6.07, 6.45) is 6.81. The van der Waals surface area contributed by atoms with E-state index in [2.05, 4.69) is 46.5 Å². The Bertz CT molecular complexity index is 771. The third kappa shape index (κ3) is 2.53. The number of rotatable bonds is 3. The molecule has 1 aliphatic heterocycles. The van der Waals surface area contributed by atoms with Gasteiger partial charge in [-0.25, -0.2) is 9.97 Å². The number of likely N-dealkylation sites (N-methyl/N-ethyl adjacent to an activating group) is 1. The Morgan fingerprint density at radius 1 is 1.29 bits per heavy atom. The first-order chi connectivity index (χ1) is 11.6. The lowest BCUT2D eigenvalue weighted by Gasteiger charge is -2.47. The van der Waals surface area contributed by atoms with Crippen LogP contribution in [0.15, 0.2) is 17.0 Å². The van der Waals surface area contributed by atoms with Gasteiger partial charge < -0.3 is 15.1 Å². The second-order valence-electron chi connectivity index (χ2n) is 6.80. The van der Waals surface area contributed by atoms with Gasteiger partial charge in [0.25, 0.3) is 0 Å². The molecule has 2 aromatic heterocycles. The molecule has 0 radical (unpaired) electrons. The summed E-state index contributed by atoms with van der Waals surface area (Å²) < 4.78 is 3.15. The van der Waals surface area contributed by atoms with E-state index in [-0.39, 0.29) is 6.04 Å². The second-order valence-corrected chi connectivity index (χ2v) is 7.65. The minimum atomic E-state index is 0.0203. The van der Waals surface area contributed by atoms with Crippen LogP contribution in [0.4, 0.5) is 5.82 Å². The lowest BCUT2D eigenvalue weighted by Crippen LogP contribution is -2.57. The first-order valence-electron chi connectivity index (χ1n) is 8.24. The second kappa shape index (κ2) is 6.09. The Kier molecular flexibility index (Phi) is 4.06. The molecule has 0 bridgehead atoms. The van der Waals surface area contributed by atoms with Crippen LogP contribution >= 0.6 is 15.9 Å². The molecule has 128 valence electrons. The minimum Gasteiger partial charge on any atom is -0.383 e. The average Bonchev–Trinajstić information content (AvgIpc) is 2.86. The Labute approximate surface area is 148 Å². The van der Waals surface area contributed by atoms with Gasteiger partial charge in [-0.2, -0.15) is 0 Å². The van der Waals surface area contributed by atoms with E-state index < -0.39 is 0 Å². The molecule has 2 aromatic rings. The molecule has 4 rings (SSSR count). The van der Waals surface area contributed by atoms with Crippen LogP contribution in [0.25, 0.3) is 11.0 Å². The number of aldehydes is 1. The van der Waals surface area contributed by atoms with Gasteiger partial charge in [0.2, 0.25) is 0 Å². The number of aromatic nitrogens is 3. The highest BCUT2D eigenvalue weighted by molar-refractivity contribution is 9.10. The predicted octanol–water partition coefficient (Wildman–Crippen LogP) is 1.29. The quantitative estimate of drug-likeness (QED) is 0.792. The molecule has 1 saturated heterocycles. The zero-order valence-electron chi connectivity index (χ0n) is 13.6. The molecule has 3 heterocycles. The highest BCUT2D eigenvalue weighted by Crippen LogP contribution is 2.40. The number of fused-ring (bicyclic) bond motifs is 1. The normalized spacial score (nSPS) is 28.8. The molecule has 1 aliphatic carbocycles. The number of nitrogens with zero attached hydrogens (tertiary/aromatic N) is 5. The number of carbonyl (C=O) groups excluding carboxylic acids is 1. The molecular weight excluding hydrogens is 372 g/mol. The third-order valence-electron chi connectivity index (χ3n) is 5.48. The number of nitrogens with two attached hydrogens (primary N) is 1. The van der Waals surface area contributed by atoms with Gasteiger partial charge in [-0.15, -0.1) is 0 Å². The molecule has 1 saturated carbocycles. The maximum Gasteiger partial charge on any atom is 0.146 e. The van der Waals surface area contributed by atoms with Gasteiger partial charge in [0, 0.05) is 42.4 Å². The van der Waals surface area contributed by atoms with Gasteiger partial charge in [0.05, 0.1) is 11.4 Å². The fraction of sp³-hybridized carbons (Fsp3) is 0.562. The Morgan fingerprint density at radius 3 is 2.83 bits per heavy atom. The molecule has 7 nitrogen and oxygen atoms in total. The Morgan fingerprint density at radius 2 is 2.08 bits per heavy atom. The number of anilines is 1. The third-order valence-corrected chi connectivity index (χ3v) is 6.08. The SMILES string of the molecule is CN1CCN(C2CC(n3cc(Br)c4c(N)ncnc43)C2)CC1C=O. The van der Waals surface area contributed by atoms with Gasteiger partial charge in [0.15, 0.2) is 0 Å². The molecule has 1 atom stereocenters. The summed E-state index contributed by atoms with van der Waals surface area (Å²) in [6.45, 7) is 2.82. The van der Waals surface area contributed by atoms with Crippen LogP contribution < -0.4 is 5.73 Å². The van der Waals surface area contributed by atoms with Crippen molar-refractivity contribution in [3.8, 4) is 0 Å². The Hall–Kier alpha value is -1.51. The van der Waals surface area contributed by atoms with E-state index in [1.54, 1.807) is 0 Å². The van der Waals surface area contributed by atoms with Crippen LogP contribution in [-0.4, -0.2) is 69.4 Å². The van der Waals surface area contributed by atoms with Gasteiger partial charge in [0.1, 0.15) is 24.1 Å². The van der Waals surface area contributed by atoms with Crippen molar-refractivity contribution in [2.45, 2.75) is 31.0 Å². The highest BCUT2D eigenvalue weighted by atomic mass is 79.9. The molecular formula is C16H21BrN6O. The van der Waals surface area contributed by atoms with Gasteiger partial charge >= 0.3 is 0 Å². The number of hydrogen-bond donors (Lipinski definition) is 1. The molecule has 2 fully saturated rings. The zero-order chi connectivity index (χ0) is 16.8. The van der Waals surface area contributed by atoms with Crippen molar-refractivity contribution in [2.75, 3.05) is 32.4 Å². The number of halogens is 1. The molecule has 8 heteroatoms. The van der Waals surface area contributed by atoms with E-state index in [0.717, 1.165) is 54.3 Å². The summed E-state index contributed by atoms with van der Waals surface area (Å²) in [7, 11) is 2.02. The number of nitrogen functional groups attached to an aromatic ring is 1. The minimum absolute atomic E-state index is 0.0203. The maximum atomic E-state index is 11.2. The van der Waals surface area contributed by atoms with Crippen molar-refractivity contribution in [1.82, 2.24) is 24.3 Å². The van der Waals surface area contributed by atoms with E-state index in [1.165, 1.54) is 6.33 Å². The number of carbonyl (C=O) groups is 1. The van der Waals surface area contributed by atoms with Crippen LogP contribution in [0.1, 0.15) is 18.9 Å². The van der Waals surface area contributed by atoms with Crippen molar-refractivity contribution in [1.29, 1.82) is 0 Å². The van der Waals surface area contributed by atoms with Gasteiger partial charge in [-0.1, -0.05) is 0 Å². The summed E-state index contributed by atoms with van der Waals surface area (Å²) in [6, 6.07) is 0.987. The lowest BCUT2D eigenvalue weighted by molar-refractivity contribution is -0.115. The van der Waals surface area contributed by atoms with Crippen LogP contribution in [0.2, 0.25) is 0 Å². The van der Waals surface area contributed by atoms with Crippen molar-refractivity contribution >= 4 is 39.1 Å². The van der Waals surface area contributed by atoms with Crippen molar-refractivity contribution < 1.29 is 4.79 Å². The predicted molar refractivity (Wildman–Crippen MR) is 95.8 cm³/mol. The summed E-state index contributed by atoms with van der Waals surface area (Å²) >= 11 is 3.57. The maximum absolute atomic E-state index is 11.2. The summed E-state index contributed by atoms with van der Waals surface area (Å²) in [4.78, 5) is 24.3. The smallest absolute Gasteiger partial charge is 0.146 e. The van der Waals surface area contributed by atoms with Crippen LogP contribution in [0.3, 0.4) is 0 Å². The molecule has 2 aliphatic rings. The van der Waals surface area contributed by atoms with Gasteiger partial charge in [-0.05, 0) is 35.8 Å². The summed E-state index contributed by atoms with van der Waals surface area (Å²) in [5.41, 5.74) is 6.87. The van der Waals surface area contributed by atoms with Crippen molar-refractivity contribution in [3.63, 3.8) is 0 Å². The molecule has 24 heavy (non-hydrogen) atoms. The topological polar surface area (TPSA) is 80.3 Å². The molecule has 1 unspecified atom stereocenters. The summed E-state index contributed by atoms with van der Waals surface area (Å²) in [5.74, 6) is 0.509. The number of piperazine rings is 1. The van der Waals surface area contributed by atoms with E-state index >= 15 is 0 Å². The fourth-order valence-electron chi connectivity index (χ4n) is 3.83. The van der Waals surface area contributed by atoms with Crippen LogP contribution in [-0.2, 0) is 4.79 Å². The van der Waals surface area contributed by atoms with Gasteiger partial charge in [-0.3, -0.25) is 9.80 Å². The van der Waals surface area contributed by atoms with Crippen molar-refractivity contribution in [3.05, 3.63) is 17.0 Å². The highest BCUT2D eigenvalue weighted by Gasteiger charge is 2.38. The molecule has 2 N–H and O–H groups in total. The lowest BCUT2D eigenvalue weighted by atomic mass is 9.84. The largest absolute Gasteiger partial charge is 0.383 e. The Balaban J connectivity index is 1.48. The summed E-state index contributed by atoms with van der Waals surface area (Å²) in [5, 5.41) is 0.890. The van der Waals surface area contributed by atoms with E-state index in [4.69, 9.17) is 5.73 Å². The standard InChI is InChI=1S/C16H21BrN6O/c1-21-2-3-22(6-12(21)8-24)10-4-11(5-10)23-7-13(17)14-15(18)19-9-20-16(14)23/h7-12H,2-6H2,1H3,(H2,18,19,20). The van der Waals surface area contributed by atoms with E-state index in [9.17, 15) is 4.79 Å². The van der Waals surface area contributed by atoms with E-state index in [0.29, 0.717) is 17.9 Å². The van der Waals surface area contributed by atoms with Crippen LogP contribution in [0, 0.1) is 0 Å². The first-order valence-corrected chi connectivity index (χ1v) is 9.04.